The summed E-state index contributed by atoms with van der Waals surface area (Å²) in [6, 6.07) is 3.69. The molecule has 0 heterocycles. The monoisotopic (exact) mass is 351 g/mol. The van der Waals surface area contributed by atoms with Crippen molar-refractivity contribution in [3.63, 3.8) is 0 Å². The molecule has 0 atom stereocenters. The molecule has 0 unspecified atom stereocenters. The summed E-state index contributed by atoms with van der Waals surface area (Å²) in [7, 11) is -1.84. The van der Waals surface area contributed by atoms with Gasteiger partial charge in [-0.3, -0.25) is 4.99 Å². The van der Waals surface area contributed by atoms with Crippen LogP contribution in [0.1, 0.15) is 58.2 Å². The number of nitrogens with zero attached hydrogens (tertiary/aromatic N) is 1. The third-order valence-corrected chi connectivity index (χ3v) is 4.82. The Hall–Kier alpha value is -1.62. The van der Waals surface area contributed by atoms with Gasteiger partial charge in [-0.25, -0.2) is 8.42 Å². The van der Waals surface area contributed by atoms with E-state index >= 15 is 0 Å². The minimum absolute atomic E-state index is 0.149. The van der Waals surface area contributed by atoms with E-state index in [0.717, 1.165) is 22.9 Å². The third-order valence-electron chi connectivity index (χ3n) is 3.74. The van der Waals surface area contributed by atoms with Gasteiger partial charge in [0, 0.05) is 30.6 Å². The fourth-order valence-electron chi connectivity index (χ4n) is 2.42. The van der Waals surface area contributed by atoms with Crippen molar-refractivity contribution in [2.75, 3.05) is 13.3 Å². The second kappa shape index (κ2) is 6.71. The molecule has 1 N–H and O–H groups in total. The third kappa shape index (κ3) is 4.94. The molecule has 0 aliphatic carbocycles. The quantitative estimate of drug-likeness (QED) is 0.835. The van der Waals surface area contributed by atoms with Gasteiger partial charge < -0.3 is 5.11 Å². The lowest BCUT2D eigenvalue weighted by molar-refractivity contribution is 0.423. The lowest BCUT2D eigenvalue weighted by atomic mass is 9.78. The molecule has 1 rings (SSSR count). The van der Waals surface area contributed by atoms with E-state index in [2.05, 4.69) is 4.99 Å². The van der Waals surface area contributed by atoms with Crippen molar-refractivity contribution in [2.24, 2.45) is 4.99 Å². The van der Waals surface area contributed by atoms with Crippen LogP contribution in [-0.4, -0.2) is 33.0 Å². The van der Waals surface area contributed by atoms with Crippen molar-refractivity contribution in [2.45, 2.75) is 52.4 Å². The van der Waals surface area contributed by atoms with Crippen LogP contribution in [0.4, 0.5) is 0 Å². The van der Waals surface area contributed by atoms with Gasteiger partial charge in [-0.15, -0.1) is 0 Å². The Kier molecular flexibility index (Phi) is 5.71. The average Bonchev–Trinajstić information content (AvgIpc) is 2.36. The molecule has 24 heavy (non-hydrogen) atoms. The van der Waals surface area contributed by atoms with Crippen LogP contribution >= 0.6 is 0 Å². The van der Waals surface area contributed by atoms with E-state index in [1.165, 1.54) is 13.3 Å². The highest BCUT2D eigenvalue weighted by molar-refractivity contribution is 7.95. The van der Waals surface area contributed by atoms with Crippen molar-refractivity contribution >= 4 is 22.1 Å². The van der Waals surface area contributed by atoms with Gasteiger partial charge in [0.2, 0.25) is 0 Å². The summed E-state index contributed by atoms with van der Waals surface area (Å²) in [6.45, 7) is 12.1. The van der Waals surface area contributed by atoms with Crippen LogP contribution in [0, 0.1) is 0 Å². The SMILES string of the molecule is C/N=C/C(=C\c1cc(C(C)(C)C)c(O)c(C(C)(C)C)c1)S(C)(=O)=O. The first-order valence-electron chi connectivity index (χ1n) is 7.90. The Labute approximate surface area is 146 Å². The number of sulfone groups is 1. The molecule has 0 spiro atoms. The molecule has 1 aromatic rings. The molecule has 0 radical (unpaired) electrons. The first-order chi connectivity index (χ1) is 10.7. The van der Waals surface area contributed by atoms with Crippen LogP contribution in [0.25, 0.3) is 6.08 Å². The van der Waals surface area contributed by atoms with E-state index in [-0.39, 0.29) is 21.5 Å². The van der Waals surface area contributed by atoms with Gasteiger partial charge in [-0.05, 0) is 34.6 Å². The van der Waals surface area contributed by atoms with Crippen LogP contribution in [-0.2, 0) is 20.7 Å². The Morgan fingerprint density at radius 3 is 1.75 bits per heavy atom. The van der Waals surface area contributed by atoms with E-state index in [0.29, 0.717) is 0 Å². The molecule has 4 nitrogen and oxygen atoms in total. The number of rotatable bonds is 3. The summed E-state index contributed by atoms with van der Waals surface area (Å²) < 4.78 is 23.9. The highest BCUT2D eigenvalue weighted by atomic mass is 32.2. The van der Waals surface area contributed by atoms with E-state index in [1.54, 1.807) is 6.08 Å². The van der Waals surface area contributed by atoms with Crippen LogP contribution < -0.4 is 0 Å². The van der Waals surface area contributed by atoms with Gasteiger partial charge in [-0.2, -0.15) is 0 Å². The molecule has 0 fully saturated rings. The van der Waals surface area contributed by atoms with Crippen LogP contribution in [0.15, 0.2) is 22.0 Å². The number of phenols is 1. The van der Waals surface area contributed by atoms with Crippen LogP contribution in [0.5, 0.6) is 5.75 Å². The van der Waals surface area contributed by atoms with Crippen molar-refractivity contribution < 1.29 is 13.5 Å². The number of hydrogen-bond donors (Lipinski definition) is 1. The second-order valence-electron chi connectivity index (χ2n) is 8.17. The van der Waals surface area contributed by atoms with E-state index < -0.39 is 9.84 Å². The zero-order valence-corrected chi connectivity index (χ0v) is 16.7. The maximum absolute atomic E-state index is 11.9. The summed E-state index contributed by atoms with van der Waals surface area (Å²) >= 11 is 0. The molecule has 0 aliphatic heterocycles. The number of aromatic hydroxyl groups is 1. The molecular weight excluding hydrogens is 322 g/mol. The van der Waals surface area contributed by atoms with Crippen molar-refractivity contribution in [1.82, 2.24) is 0 Å². The van der Waals surface area contributed by atoms with E-state index in [4.69, 9.17) is 0 Å². The first kappa shape index (κ1) is 20.4. The molecule has 0 saturated carbocycles. The molecule has 0 aliphatic rings. The van der Waals surface area contributed by atoms with Gasteiger partial charge >= 0.3 is 0 Å². The van der Waals surface area contributed by atoms with E-state index in [9.17, 15) is 13.5 Å². The summed E-state index contributed by atoms with van der Waals surface area (Å²) in [5, 5.41) is 10.7. The highest BCUT2D eigenvalue weighted by Gasteiger charge is 2.26. The number of phenolic OH excluding ortho intramolecular Hbond substituents is 1. The minimum atomic E-state index is -3.38. The summed E-state index contributed by atoms with van der Waals surface area (Å²) in [5.74, 6) is 0.275. The van der Waals surface area contributed by atoms with Crippen molar-refractivity contribution in [3.8, 4) is 5.75 Å². The largest absolute Gasteiger partial charge is 0.507 e. The molecule has 0 aromatic heterocycles. The molecule has 5 heteroatoms. The van der Waals surface area contributed by atoms with Gasteiger partial charge in [0.25, 0.3) is 0 Å². The molecule has 0 saturated heterocycles. The van der Waals surface area contributed by atoms with Gasteiger partial charge in [0.05, 0.1) is 4.91 Å². The van der Waals surface area contributed by atoms with E-state index in [1.807, 2.05) is 53.7 Å². The standard InChI is InChI=1S/C19H29NO3S/c1-18(2,3)15-10-13(9-14(12-20-7)24(8,22)23)11-16(17(15)21)19(4,5)6/h9-12,21H,1-8H3/b14-9+,20-12+. The van der Waals surface area contributed by atoms with Gasteiger partial charge in [0.15, 0.2) is 9.84 Å². The molecular formula is C19H29NO3S. The Morgan fingerprint density at radius 2 is 1.46 bits per heavy atom. The van der Waals surface area contributed by atoms with Gasteiger partial charge in [-0.1, -0.05) is 41.5 Å². The predicted octanol–water partition coefficient (Wildman–Crippen LogP) is 4.07. The summed E-state index contributed by atoms with van der Waals surface area (Å²) in [6.07, 6.45) is 4.11. The molecule has 134 valence electrons. The lowest BCUT2D eigenvalue weighted by Gasteiger charge is -2.28. The van der Waals surface area contributed by atoms with Crippen LogP contribution in [0.3, 0.4) is 0 Å². The maximum atomic E-state index is 11.9. The average molecular weight is 352 g/mol. The molecule has 0 amide bonds. The highest BCUT2D eigenvalue weighted by Crippen LogP contribution is 2.40. The predicted molar refractivity (Wildman–Crippen MR) is 103 cm³/mol. The normalized spacial score (nSPS) is 14.4. The van der Waals surface area contributed by atoms with Crippen molar-refractivity contribution in [3.05, 3.63) is 33.7 Å². The maximum Gasteiger partial charge on any atom is 0.177 e. The number of allylic oxidation sites excluding steroid dienone is 1. The van der Waals surface area contributed by atoms with Crippen LogP contribution in [0.2, 0.25) is 0 Å². The summed E-state index contributed by atoms with van der Waals surface area (Å²) in [5.41, 5.74) is 1.80. The number of aliphatic imine (C=N–C) groups is 1. The minimum Gasteiger partial charge on any atom is -0.507 e. The topological polar surface area (TPSA) is 66.7 Å². The zero-order valence-electron chi connectivity index (χ0n) is 15.9. The second-order valence-corrected chi connectivity index (χ2v) is 10.2. The lowest BCUT2D eigenvalue weighted by Crippen LogP contribution is -2.17. The Morgan fingerprint density at radius 1 is 1.04 bits per heavy atom. The fraction of sp³-hybridized carbons (Fsp3) is 0.526. The first-order valence-corrected chi connectivity index (χ1v) is 9.79. The Balaban J connectivity index is 3.78. The zero-order chi connectivity index (χ0) is 18.9. The Bertz CT molecular complexity index is 739. The smallest absolute Gasteiger partial charge is 0.177 e. The van der Waals surface area contributed by atoms with Gasteiger partial charge in [0.1, 0.15) is 5.75 Å². The fourth-order valence-corrected chi connectivity index (χ4v) is 3.06. The van der Waals surface area contributed by atoms with Crippen molar-refractivity contribution in [1.29, 1.82) is 0 Å². The summed E-state index contributed by atoms with van der Waals surface area (Å²) in [4.78, 5) is 3.99. The molecule has 1 aromatic carbocycles. The number of hydrogen-bond acceptors (Lipinski definition) is 4. The number of benzene rings is 1. The molecule has 0 bridgehead atoms.